The number of ketones is 2. The third-order valence-corrected chi connectivity index (χ3v) is 9.09. The van der Waals surface area contributed by atoms with Gasteiger partial charge in [0.25, 0.3) is 0 Å². The van der Waals surface area contributed by atoms with Gasteiger partial charge in [0.1, 0.15) is 17.2 Å². The number of hydrogen-bond acceptors (Lipinski definition) is 5. The number of hydrogen-bond donors (Lipinski definition) is 1. The summed E-state index contributed by atoms with van der Waals surface area (Å²) in [6.07, 6.45) is 4.64. The van der Waals surface area contributed by atoms with Crippen LogP contribution < -0.4 is 10.1 Å². The molecule has 1 saturated heterocycles. The molecular weight excluding hydrogens is 560 g/mol. The lowest BCUT2D eigenvalue weighted by Gasteiger charge is -2.38. The van der Waals surface area contributed by atoms with Gasteiger partial charge in [-0.2, -0.15) is 0 Å². The van der Waals surface area contributed by atoms with Crippen molar-refractivity contribution >= 4 is 40.8 Å². The van der Waals surface area contributed by atoms with Crippen molar-refractivity contribution in [2.45, 2.75) is 30.8 Å². The molecule has 4 atom stereocenters. The molecule has 0 radical (unpaired) electrons. The third kappa shape index (κ3) is 4.12. The van der Waals surface area contributed by atoms with Crippen LogP contribution in [-0.2, 0) is 10.2 Å². The molecular formula is C36H29ClN2O4. The van der Waals surface area contributed by atoms with E-state index in [0.29, 0.717) is 39.8 Å². The number of fused-ring (bicyclic) bond motifs is 6. The number of rotatable bonds is 7. The summed E-state index contributed by atoms with van der Waals surface area (Å²) in [5.74, 6) is -1.32. The summed E-state index contributed by atoms with van der Waals surface area (Å²) in [4.78, 5) is 46.1. The topological polar surface area (TPSA) is 75.7 Å². The van der Waals surface area contributed by atoms with E-state index in [1.54, 1.807) is 42.5 Å². The van der Waals surface area contributed by atoms with E-state index in [1.807, 2.05) is 78.7 Å². The minimum atomic E-state index is -1.39. The van der Waals surface area contributed by atoms with Crippen LogP contribution in [0.25, 0.3) is 6.08 Å². The Morgan fingerprint density at radius 2 is 1.67 bits per heavy atom. The fraction of sp³-hybridized carbons (Fsp3) is 0.194. The Bertz CT molecular complexity index is 1800. The monoisotopic (exact) mass is 588 g/mol. The maximum absolute atomic E-state index is 15.0. The van der Waals surface area contributed by atoms with Crippen LogP contribution in [0, 0.1) is 5.92 Å². The van der Waals surface area contributed by atoms with Crippen LogP contribution in [0.2, 0.25) is 5.02 Å². The second kappa shape index (κ2) is 10.5. The maximum Gasteiger partial charge on any atom is 0.238 e. The Balaban J connectivity index is 1.49. The molecule has 0 saturated carbocycles. The number of benzene rings is 4. The molecule has 1 spiro atoms. The summed E-state index contributed by atoms with van der Waals surface area (Å²) in [6.45, 7) is 2.53. The van der Waals surface area contributed by atoms with Gasteiger partial charge in [-0.3, -0.25) is 14.4 Å². The molecule has 3 aliphatic heterocycles. The molecule has 0 unspecified atom stereocenters. The second-order valence-corrected chi connectivity index (χ2v) is 11.6. The molecule has 0 aliphatic carbocycles. The molecule has 0 aromatic heterocycles. The zero-order valence-corrected chi connectivity index (χ0v) is 24.3. The van der Waals surface area contributed by atoms with Crippen LogP contribution in [0.5, 0.6) is 5.75 Å². The first-order valence-electron chi connectivity index (χ1n) is 14.5. The van der Waals surface area contributed by atoms with E-state index in [0.717, 1.165) is 17.5 Å². The van der Waals surface area contributed by atoms with Crippen LogP contribution in [0.1, 0.15) is 56.8 Å². The largest absolute Gasteiger partial charge is 0.494 e. The lowest BCUT2D eigenvalue weighted by Crippen LogP contribution is -2.49. The van der Waals surface area contributed by atoms with E-state index in [-0.39, 0.29) is 17.5 Å². The lowest BCUT2D eigenvalue weighted by atomic mass is 9.62. The number of halogens is 1. The maximum atomic E-state index is 15.0. The normalized spacial score (nSPS) is 23.0. The Labute approximate surface area is 254 Å². The second-order valence-electron chi connectivity index (χ2n) is 11.2. The van der Waals surface area contributed by atoms with E-state index in [4.69, 9.17) is 16.3 Å². The van der Waals surface area contributed by atoms with Crippen molar-refractivity contribution < 1.29 is 19.1 Å². The quantitative estimate of drug-likeness (QED) is 0.233. The first-order valence-corrected chi connectivity index (χ1v) is 14.8. The van der Waals surface area contributed by atoms with Crippen molar-refractivity contribution in [1.82, 2.24) is 4.90 Å². The van der Waals surface area contributed by atoms with E-state index in [2.05, 4.69) is 5.32 Å². The van der Waals surface area contributed by atoms with Gasteiger partial charge in [0.2, 0.25) is 5.91 Å². The molecule has 1 amide bonds. The Hall–Kier alpha value is -4.68. The molecule has 214 valence electrons. The van der Waals surface area contributed by atoms with E-state index >= 15 is 0 Å². The van der Waals surface area contributed by atoms with Crippen LogP contribution in [0.3, 0.4) is 0 Å². The standard InChI is InChI=1S/C36H29ClN2O4/c1-2-20-43-26-10-7-9-24(21-26)32(40)30-31(33(41)23-14-16-25(37)17-15-23)39-19-18-22-8-3-4-11-27(22)34(39)36(30)28-12-5-6-13-29(28)38-35(36)42/h3-19,21,30-31,34H,2,20H2,1H3,(H,38,42)/t30-,31-,34+,36+/m0/s1. The van der Waals surface area contributed by atoms with Crippen LogP contribution in [-0.4, -0.2) is 35.0 Å². The minimum Gasteiger partial charge on any atom is -0.494 e. The summed E-state index contributed by atoms with van der Waals surface area (Å²) in [7, 11) is 0. The molecule has 3 aliphatic rings. The summed E-state index contributed by atoms with van der Waals surface area (Å²) >= 11 is 6.18. The number of anilines is 1. The first-order chi connectivity index (χ1) is 20.9. The van der Waals surface area contributed by atoms with Gasteiger partial charge in [0, 0.05) is 28.0 Å². The van der Waals surface area contributed by atoms with Crippen molar-refractivity contribution in [3.63, 3.8) is 0 Å². The van der Waals surface area contributed by atoms with E-state index < -0.39 is 23.4 Å². The molecule has 1 fully saturated rings. The zero-order valence-electron chi connectivity index (χ0n) is 23.5. The zero-order chi connectivity index (χ0) is 29.7. The molecule has 4 aromatic carbocycles. The van der Waals surface area contributed by atoms with Gasteiger partial charge in [0.15, 0.2) is 11.6 Å². The van der Waals surface area contributed by atoms with Gasteiger partial charge in [-0.25, -0.2) is 0 Å². The highest BCUT2D eigenvalue weighted by Crippen LogP contribution is 2.62. The number of Topliss-reactive ketones (excluding diaryl/α,β-unsaturated/α-hetero) is 2. The van der Waals surface area contributed by atoms with Gasteiger partial charge in [0.05, 0.1) is 18.6 Å². The van der Waals surface area contributed by atoms with Gasteiger partial charge in [-0.1, -0.05) is 73.1 Å². The molecule has 6 nitrogen and oxygen atoms in total. The highest BCUT2D eigenvalue weighted by molar-refractivity contribution is 6.30. The molecule has 4 aromatic rings. The average Bonchev–Trinajstić information content (AvgIpc) is 3.52. The number of ether oxygens (including phenoxy) is 1. The SMILES string of the molecule is CCCOc1cccc(C(=O)[C@@H]2[C@@H](C(=O)c3ccc(Cl)cc3)N3C=Cc4ccccc4[C@@H]3[C@]23C(=O)Nc2ccccc23)c1. The van der Waals surface area contributed by atoms with Gasteiger partial charge < -0.3 is 15.0 Å². The number of carbonyl (C=O) groups excluding carboxylic acids is 3. The Morgan fingerprint density at radius 3 is 2.49 bits per heavy atom. The minimum absolute atomic E-state index is 0.253. The van der Waals surface area contributed by atoms with Crippen molar-refractivity contribution in [2.24, 2.45) is 5.92 Å². The molecule has 3 heterocycles. The number of nitrogens with one attached hydrogen (secondary N) is 1. The number of carbonyl (C=O) groups is 3. The van der Waals surface area contributed by atoms with Crippen LogP contribution in [0.4, 0.5) is 5.69 Å². The van der Waals surface area contributed by atoms with Crippen LogP contribution >= 0.6 is 11.6 Å². The molecule has 1 N–H and O–H groups in total. The van der Waals surface area contributed by atoms with Crippen molar-refractivity contribution in [1.29, 1.82) is 0 Å². The van der Waals surface area contributed by atoms with E-state index in [9.17, 15) is 14.4 Å². The van der Waals surface area contributed by atoms with Crippen molar-refractivity contribution in [3.05, 3.63) is 136 Å². The lowest BCUT2D eigenvalue weighted by molar-refractivity contribution is -0.122. The van der Waals surface area contributed by atoms with Gasteiger partial charge >= 0.3 is 0 Å². The molecule has 43 heavy (non-hydrogen) atoms. The smallest absolute Gasteiger partial charge is 0.238 e. The summed E-state index contributed by atoms with van der Waals surface area (Å²) in [5.41, 5.74) is 2.62. The average molecular weight is 589 g/mol. The van der Waals surface area contributed by atoms with Gasteiger partial charge in [-0.15, -0.1) is 0 Å². The Kier molecular flexibility index (Phi) is 6.66. The number of para-hydroxylation sites is 1. The molecule has 7 heteroatoms. The fourth-order valence-corrected chi connectivity index (χ4v) is 7.22. The third-order valence-electron chi connectivity index (χ3n) is 8.84. The molecule has 7 rings (SSSR count). The fourth-order valence-electron chi connectivity index (χ4n) is 7.09. The highest BCUT2D eigenvalue weighted by atomic mass is 35.5. The van der Waals surface area contributed by atoms with Crippen LogP contribution in [0.15, 0.2) is 103 Å². The predicted molar refractivity (Wildman–Crippen MR) is 166 cm³/mol. The van der Waals surface area contributed by atoms with Gasteiger partial charge in [-0.05, 0) is 71.7 Å². The summed E-state index contributed by atoms with van der Waals surface area (Å²) < 4.78 is 5.87. The van der Waals surface area contributed by atoms with Crippen molar-refractivity contribution in [3.8, 4) is 5.75 Å². The highest BCUT2D eigenvalue weighted by Gasteiger charge is 2.70. The number of amides is 1. The summed E-state index contributed by atoms with van der Waals surface area (Å²) in [6, 6.07) is 27.5. The van der Waals surface area contributed by atoms with Crippen molar-refractivity contribution in [2.75, 3.05) is 11.9 Å². The molecule has 0 bridgehead atoms. The predicted octanol–water partition coefficient (Wildman–Crippen LogP) is 7.11. The van der Waals surface area contributed by atoms with E-state index in [1.165, 1.54) is 0 Å². The summed E-state index contributed by atoms with van der Waals surface area (Å²) in [5, 5.41) is 3.59. The first kappa shape index (κ1) is 27.2. The Morgan fingerprint density at radius 1 is 0.907 bits per heavy atom. The number of nitrogens with zero attached hydrogens (tertiary/aromatic N) is 1.